The van der Waals surface area contributed by atoms with Crippen LogP contribution in [-0.2, 0) is 0 Å². The SMILES string of the molecule is CC(NC1CCCCCC1)c1cccc2ccccc12. The van der Waals surface area contributed by atoms with Crippen molar-refractivity contribution in [3.63, 3.8) is 0 Å². The quantitative estimate of drug-likeness (QED) is 0.752. The Morgan fingerprint density at radius 1 is 0.900 bits per heavy atom. The molecule has 1 atom stereocenters. The summed E-state index contributed by atoms with van der Waals surface area (Å²) in [6, 6.07) is 16.5. The van der Waals surface area contributed by atoms with E-state index in [1.807, 2.05) is 0 Å². The van der Waals surface area contributed by atoms with Crippen LogP contribution in [0.5, 0.6) is 0 Å². The smallest absolute Gasteiger partial charge is 0.0300 e. The average molecular weight is 267 g/mol. The number of fused-ring (bicyclic) bond motifs is 1. The molecule has 0 bridgehead atoms. The van der Waals surface area contributed by atoms with Gasteiger partial charge in [0.1, 0.15) is 0 Å². The van der Waals surface area contributed by atoms with E-state index in [4.69, 9.17) is 0 Å². The molecule has 0 heterocycles. The van der Waals surface area contributed by atoms with Crippen molar-refractivity contribution in [1.29, 1.82) is 0 Å². The van der Waals surface area contributed by atoms with Crippen LogP contribution in [0.1, 0.15) is 57.1 Å². The highest BCUT2D eigenvalue weighted by Gasteiger charge is 2.16. The Balaban J connectivity index is 1.79. The first-order valence-electron chi connectivity index (χ1n) is 8.08. The van der Waals surface area contributed by atoms with Gasteiger partial charge in [-0.1, -0.05) is 68.1 Å². The molecule has 0 radical (unpaired) electrons. The molecule has 0 amide bonds. The molecule has 1 aliphatic carbocycles. The molecule has 3 rings (SSSR count). The summed E-state index contributed by atoms with van der Waals surface area (Å²) in [7, 11) is 0. The zero-order valence-electron chi connectivity index (χ0n) is 12.4. The topological polar surface area (TPSA) is 12.0 Å². The predicted octanol–water partition coefficient (Wildman–Crippen LogP) is 5.21. The molecule has 0 aliphatic heterocycles. The number of nitrogens with one attached hydrogen (secondary N) is 1. The first-order chi connectivity index (χ1) is 9.84. The molecule has 1 saturated carbocycles. The van der Waals surface area contributed by atoms with E-state index in [0.29, 0.717) is 12.1 Å². The molecule has 1 N–H and O–H groups in total. The van der Waals surface area contributed by atoms with Gasteiger partial charge in [-0.3, -0.25) is 0 Å². The Kier molecular flexibility index (Phi) is 4.37. The summed E-state index contributed by atoms with van der Waals surface area (Å²) < 4.78 is 0. The van der Waals surface area contributed by atoms with Gasteiger partial charge in [0.15, 0.2) is 0 Å². The van der Waals surface area contributed by atoms with Gasteiger partial charge in [0.25, 0.3) is 0 Å². The molecule has 106 valence electrons. The Labute approximate surface area is 122 Å². The molecule has 1 fully saturated rings. The van der Waals surface area contributed by atoms with Crippen LogP contribution in [0.2, 0.25) is 0 Å². The van der Waals surface area contributed by atoms with Crippen molar-refractivity contribution < 1.29 is 0 Å². The van der Waals surface area contributed by atoms with Crippen LogP contribution in [0.3, 0.4) is 0 Å². The van der Waals surface area contributed by atoms with Crippen molar-refractivity contribution >= 4 is 10.8 Å². The Morgan fingerprint density at radius 3 is 2.40 bits per heavy atom. The Bertz CT molecular complexity index is 547. The third kappa shape index (κ3) is 3.04. The minimum Gasteiger partial charge on any atom is -0.307 e. The highest BCUT2D eigenvalue weighted by Crippen LogP contribution is 2.26. The molecule has 1 nitrogen and oxygen atoms in total. The van der Waals surface area contributed by atoms with E-state index < -0.39 is 0 Å². The summed E-state index contributed by atoms with van der Waals surface area (Å²) in [5, 5.41) is 6.61. The maximum Gasteiger partial charge on any atom is 0.0300 e. The summed E-state index contributed by atoms with van der Waals surface area (Å²) in [4.78, 5) is 0. The lowest BCUT2D eigenvalue weighted by Gasteiger charge is -2.23. The summed E-state index contributed by atoms with van der Waals surface area (Å²) in [5.74, 6) is 0. The van der Waals surface area contributed by atoms with Crippen LogP contribution >= 0.6 is 0 Å². The standard InChI is InChI=1S/C19H25N/c1-15(20-17-11-4-2-3-5-12-17)18-14-8-10-16-9-6-7-13-19(16)18/h6-10,13-15,17,20H,2-5,11-12H2,1H3. The lowest BCUT2D eigenvalue weighted by molar-refractivity contribution is 0.415. The lowest BCUT2D eigenvalue weighted by atomic mass is 9.98. The van der Waals surface area contributed by atoms with Crippen molar-refractivity contribution in [2.45, 2.75) is 57.5 Å². The van der Waals surface area contributed by atoms with Gasteiger partial charge in [-0.2, -0.15) is 0 Å². The highest BCUT2D eigenvalue weighted by atomic mass is 14.9. The highest BCUT2D eigenvalue weighted by molar-refractivity contribution is 5.86. The molecule has 2 aromatic carbocycles. The summed E-state index contributed by atoms with van der Waals surface area (Å²) in [5.41, 5.74) is 1.44. The number of hydrogen-bond acceptors (Lipinski definition) is 1. The zero-order chi connectivity index (χ0) is 13.8. The molecule has 1 unspecified atom stereocenters. The van der Waals surface area contributed by atoms with Crippen LogP contribution in [0.4, 0.5) is 0 Å². The van der Waals surface area contributed by atoms with E-state index in [9.17, 15) is 0 Å². The van der Waals surface area contributed by atoms with Crippen LogP contribution in [0.25, 0.3) is 10.8 Å². The van der Waals surface area contributed by atoms with Gasteiger partial charge in [-0.05, 0) is 36.1 Å². The summed E-state index contributed by atoms with van der Waals surface area (Å²) >= 11 is 0. The normalized spacial score (nSPS) is 18.9. The number of hydrogen-bond donors (Lipinski definition) is 1. The monoisotopic (exact) mass is 267 g/mol. The van der Waals surface area contributed by atoms with E-state index in [-0.39, 0.29) is 0 Å². The van der Waals surface area contributed by atoms with Crippen molar-refractivity contribution in [3.05, 3.63) is 48.0 Å². The van der Waals surface area contributed by atoms with Gasteiger partial charge >= 0.3 is 0 Å². The van der Waals surface area contributed by atoms with Crippen LogP contribution in [0, 0.1) is 0 Å². The van der Waals surface area contributed by atoms with E-state index in [1.165, 1.54) is 54.9 Å². The molecular formula is C19H25N. The fourth-order valence-corrected chi connectivity index (χ4v) is 3.52. The van der Waals surface area contributed by atoms with Crippen molar-refractivity contribution in [3.8, 4) is 0 Å². The molecule has 1 aliphatic rings. The van der Waals surface area contributed by atoms with E-state index in [1.54, 1.807) is 0 Å². The zero-order valence-corrected chi connectivity index (χ0v) is 12.4. The molecule has 0 spiro atoms. The maximum absolute atomic E-state index is 3.87. The lowest BCUT2D eigenvalue weighted by Crippen LogP contribution is -2.31. The largest absolute Gasteiger partial charge is 0.307 e. The first kappa shape index (κ1) is 13.6. The van der Waals surface area contributed by atoms with E-state index in [2.05, 4.69) is 54.7 Å². The molecule has 0 aromatic heterocycles. The van der Waals surface area contributed by atoms with E-state index in [0.717, 1.165) is 0 Å². The van der Waals surface area contributed by atoms with Gasteiger partial charge in [0, 0.05) is 12.1 Å². The van der Waals surface area contributed by atoms with Gasteiger partial charge in [0.05, 0.1) is 0 Å². The van der Waals surface area contributed by atoms with Gasteiger partial charge < -0.3 is 5.32 Å². The van der Waals surface area contributed by atoms with Gasteiger partial charge in [0.2, 0.25) is 0 Å². The van der Waals surface area contributed by atoms with Crippen molar-refractivity contribution in [2.75, 3.05) is 0 Å². The third-order valence-corrected chi connectivity index (χ3v) is 4.63. The minimum atomic E-state index is 0.434. The Hall–Kier alpha value is -1.34. The second kappa shape index (κ2) is 6.41. The maximum atomic E-state index is 3.87. The minimum absolute atomic E-state index is 0.434. The fraction of sp³-hybridized carbons (Fsp3) is 0.474. The molecule has 0 saturated heterocycles. The number of benzene rings is 2. The molecule has 1 heteroatoms. The predicted molar refractivity (Wildman–Crippen MR) is 87.0 cm³/mol. The second-order valence-electron chi connectivity index (χ2n) is 6.15. The molecule has 2 aromatic rings. The van der Waals surface area contributed by atoms with E-state index >= 15 is 0 Å². The summed E-state index contributed by atoms with van der Waals surface area (Å²) in [6.45, 7) is 2.31. The fourth-order valence-electron chi connectivity index (χ4n) is 3.52. The van der Waals surface area contributed by atoms with Crippen molar-refractivity contribution in [2.24, 2.45) is 0 Å². The average Bonchev–Trinajstić information content (AvgIpc) is 2.75. The van der Waals surface area contributed by atoms with Crippen LogP contribution < -0.4 is 5.32 Å². The third-order valence-electron chi connectivity index (χ3n) is 4.63. The second-order valence-corrected chi connectivity index (χ2v) is 6.15. The van der Waals surface area contributed by atoms with Crippen LogP contribution in [0.15, 0.2) is 42.5 Å². The first-order valence-corrected chi connectivity index (χ1v) is 8.08. The molecular weight excluding hydrogens is 242 g/mol. The van der Waals surface area contributed by atoms with Gasteiger partial charge in [-0.25, -0.2) is 0 Å². The Morgan fingerprint density at radius 2 is 1.60 bits per heavy atom. The molecule has 20 heavy (non-hydrogen) atoms. The van der Waals surface area contributed by atoms with Gasteiger partial charge in [-0.15, -0.1) is 0 Å². The summed E-state index contributed by atoms with van der Waals surface area (Å²) in [6.07, 6.45) is 8.30. The number of rotatable bonds is 3. The van der Waals surface area contributed by atoms with Crippen LogP contribution in [-0.4, -0.2) is 6.04 Å². The van der Waals surface area contributed by atoms with Crippen molar-refractivity contribution in [1.82, 2.24) is 5.32 Å².